The second-order valence-electron chi connectivity index (χ2n) is 4.02. The Kier molecular flexibility index (Phi) is 4.41. The molecule has 2 heterocycles. The molecule has 0 aliphatic carbocycles. The van der Waals surface area contributed by atoms with Crippen LogP contribution in [0, 0.1) is 10.1 Å². The van der Waals surface area contributed by atoms with E-state index in [0.717, 1.165) is 28.9 Å². The number of halogens is 1. The lowest BCUT2D eigenvalue weighted by atomic mass is 10.4. The van der Waals surface area contributed by atoms with E-state index in [9.17, 15) is 18.5 Å². The number of nitro groups is 1. The molecule has 106 valence electrons. The maximum Gasteiger partial charge on any atom is 0.300 e. The third-order valence-electron chi connectivity index (χ3n) is 2.71. The largest absolute Gasteiger partial charge is 0.300 e. The summed E-state index contributed by atoms with van der Waals surface area (Å²) in [7, 11) is -3.70. The molecule has 0 bridgehead atoms. The zero-order chi connectivity index (χ0) is 14.2. The molecular formula is C9H11ClN2O4S3. The minimum Gasteiger partial charge on any atom is -0.258 e. The van der Waals surface area contributed by atoms with E-state index in [-0.39, 0.29) is 20.3 Å². The quantitative estimate of drug-likeness (QED) is 0.622. The van der Waals surface area contributed by atoms with Gasteiger partial charge in [-0.15, -0.1) is 11.3 Å². The standard InChI is InChI=1S/C9H11ClN2O4S3/c1-6-5-17-3-2-11(6)19(15,16)8-4-7(12(13)14)9(10)18-8/h4,6H,2-3,5H2,1H3. The van der Waals surface area contributed by atoms with E-state index in [1.165, 1.54) is 4.31 Å². The summed E-state index contributed by atoms with van der Waals surface area (Å²) < 4.78 is 26.1. The highest BCUT2D eigenvalue weighted by molar-refractivity contribution is 7.99. The molecule has 0 aromatic carbocycles. The summed E-state index contributed by atoms with van der Waals surface area (Å²) in [5.41, 5.74) is -0.357. The van der Waals surface area contributed by atoms with Gasteiger partial charge in [-0.2, -0.15) is 16.1 Å². The molecule has 1 aromatic rings. The van der Waals surface area contributed by atoms with Gasteiger partial charge < -0.3 is 0 Å². The monoisotopic (exact) mass is 342 g/mol. The first kappa shape index (κ1) is 15.0. The van der Waals surface area contributed by atoms with Crippen molar-refractivity contribution < 1.29 is 13.3 Å². The molecule has 0 amide bonds. The van der Waals surface area contributed by atoms with Gasteiger partial charge in [-0.3, -0.25) is 10.1 Å². The SMILES string of the molecule is CC1CSCCN1S(=O)(=O)c1cc([N+](=O)[O-])c(Cl)s1. The maximum absolute atomic E-state index is 12.4. The Hall–Kier alpha value is -0.350. The molecule has 0 N–H and O–H groups in total. The van der Waals surface area contributed by atoms with E-state index in [4.69, 9.17) is 11.6 Å². The molecule has 1 atom stereocenters. The normalized spacial score (nSPS) is 21.5. The van der Waals surface area contributed by atoms with Gasteiger partial charge in [0.05, 0.1) is 4.92 Å². The predicted molar refractivity (Wildman–Crippen MR) is 76.7 cm³/mol. The molecule has 6 nitrogen and oxygen atoms in total. The number of thioether (sulfide) groups is 1. The van der Waals surface area contributed by atoms with Crippen molar-refractivity contribution in [2.75, 3.05) is 18.1 Å². The highest BCUT2D eigenvalue weighted by atomic mass is 35.5. The molecule has 2 rings (SSSR count). The van der Waals surface area contributed by atoms with Crippen LogP contribution in [0.5, 0.6) is 0 Å². The Morgan fingerprint density at radius 3 is 2.79 bits per heavy atom. The molecule has 1 aromatic heterocycles. The Bertz CT molecular complexity index is 601. The molecule has 0 saturated carbocycles. The van der Waals surface area contributed by atoms with Crippen molar-refractivity contribution in [3.63, 3.8) is 0 Å². The molecule has 1 fully saturated rings. The lowest BCUT2D eigenvalue weighted by molar-refractivity contribution is -0.384. The molecule has 0 radical (unpaired) electrons. The van der Waals surface area contributed by atoms with Crippen molar-refractivity contribution in [3.8, 4) is 0 Å². The van der Waals surface area contributed by atoms with Crippen molar-refractivity contribution in [1.82, 2.24) is 4.31 Å². The van der Waals surface area contributed by atoms with Crippen LogP contribution in [0.2, 0.25) is 4.34 Å². The highest BCUT2D eigenvalue weighted by Crippen LogP contribution is 2.38. The van der Waals surface area contributed by atoms with E-state index >= 15 is 0 Å². The Balaban J connectivity index is 2.39. The lowest BCUT2D eigenvalue weighted by Gasteiger charge is -2.31. The zero-order valence-corrected chi connectivity index (χ0v) is 13.1. The van der Waals surface area contributed by atoms with E-state index in [1.807, 2.05) is 6.92 Å². The summed E-state index contributed by atoms with van der Waals surface area (Å²) >= 11 is 8.14. The fourth-order valence-electron chi connectivity index (χ4n) is 1.77. The van der Waals surface area contributed by atoms with Crippen LogP contribution in [0.1, 0.15) is 6.92 Å². The third-order valence-corrected chi connectivity index (χ3v) is 7.70. The van der Waals surface area contributed by atoms with Crippen LogP contribution in [0.15, 0.2) is 10.3 Å². The number of hydrogen-bond donors (Lipinski definition) is 0. The molecule has 1 unspecified atom stereocenters. The molecular weight excluding hydrogens is 332 g/mol. The van der Waals surface area contributed by atoms with Crippen LogP contribution in [-0.2, 0) is 10.0 Å². The van der Waals surface area contributed by atoms with Gasteiger partial charge in [0, 0.05) is 30.2 Å². The predicted octanol–water partition coefficient (Wildman–Crippen LogP) is 2.44. The highest BCUT2D eigenvalue weighted by Gasteiger charge is 2.34. The Labute approximate surface area is 123 Å². The van der Waals surface area contributed by atoms with Crippen molar-refractivity contribution in [3.05, 3.63) is 20.5 Å². The molecule has 1 aliphatic heterocycles. The topological polar surface area (TPSA) is 80.5 Å². The lowest BCUT2D eigenvalue weighted by Crippen LogP contribution is -2.44. The zero-order valence-electron chi connectivity index (χ0n) is 9.91. The average molecular weight is 343 g/mol. The average Bonchev–Trinajstić information content (AvgIpc) is 2.72. The number of rotatable bonds is 3. The van der Waals surface area contributed by atoms with Crippen LogP contribution < -0.4 is 0 Å². The van der Waals surface area contributed by atoms with Crippen molar-refractivity contribution in [2.45, 2.75) is 17.2 Å². The van der Waals surface area contributed by atoms with Gasteiger partial charge in [-0.05, 0) is 6.92 Å². The first-order chi connectivity index (χ1) is 8.84. The van der Waals surface area contributed by atoms with E-state index in [1.54, 1.807) is 11.8 Å². The van der Waals surface area contributed by atoms with Crippen LogP contribution in [0.4, 0.5) is 5.69 Å². The fraction of sp³-hybridized carbons (Fsp3) is 0.556. The van der Waals surface area contributed by atoms with Gasteiger partial charge in [0.2, 0.25) is 0 Å². The van der Waals surface area contributed by atoms with Gasteiger partial charge in [0.25, 0.3) is 15.7 Å². The van der Waals surface area contributed by atoms with Gasteiger partial charge in [0.1, 0.15) is 4.21 Å². The van der Waals surface area contributed by atoms with E-state index < -0.39 is 14.9 Å². The first-order valence-electron chi connectivity index (χ1n) is 5.37. The summed E-state index contributed by atoms with van der Waals surface area (Å²) in [6.07, 6.45) is 0. The molecule has 19 heavy (non-hydrogen) atoms. The van der Waals surface area contributed by atoms with Crippen molar-refractivity contribution in [2.24, 2.45) is 0 Å². The second kappa shape index (κ2) is 5.57. The summed E-state index contributed by atoms with van der Waals surface area (Å²) in [4.78, 5) is 10.0. The van der Waals surface area contributed by atoms with Crippen LogP contribution >= 0.6 is 34.7 Å². The van der Waals surface area contributed by atoms with Crippen LogP contribution in [-0.4, -0.2) is 41.7 Å². The van der Waals surface area contributed by atoms with Gasteiger partial charge in [-0.1, -0.05) is 11.6 Å². The summed E-state index contributed by atoms with van der Waals surface area (Å²) in [6.45, 7) is 2.24. The minimum absolute atomic E-state index is 0.0667. The number of thiophene rings is 1. The first-order valence-corrected chi connectivity index (χ1v) is 9.16. The smallest absolute Gasteiger partial charge is 0.258 e. The van der Waals surface area contributed by atoms with E-state index in [2.05, 4.69) is 0 Å². The van der Waals surface area contributed by atoms with Gasteiger partial charge >= 0.3 is 0 Å². The summed E-state index contributed by atoms with van der Waals surface area (Å²) in [6, 6.07) is 0.917. The molecule has 10 heteroatoms. The molecule has 1 aliphatic rings. The van der Waals surface area contributed by atoms with Crippen molar-refractivity contribution >= 4 is 50.4 Å². The third kappa shape index (κ3) is 2.89. The Morgan fingerprint density at radius 1 is 1.58 bits per heavy atom. The molecule has 0 spiro atoms. The van der Waals surface area contributed by atoms with Crippen LogP contribution in [0.25, 0.3) is 0 Å². The summed E-state index contributed by atoms with van der Waals surface area (Å²) in [5, 5.41) is 10.7. The fourth-order valence-corrected chi connectivity index (χ4v) is 6.42. The van der Waals surface area contributed by atoms with E-state index in [0.29, 0.717) is 6.54 Å². The van der Waals surface area contributed by atoms with Crippen molar-refractivity contribution in [1.29, 1.82) is 0 Å². The Morgan fingerprint density at radius 2 is 2.26 bits per heavy atom. The second-order valence-corrected chi connectivity index (χ2v) is 8.94. The minimum atomic E-state index is -3.70. The molecule has 1 saturated heterocycles. The number of hydrogen-bond acceptors (Lipinski definition) is 6. The summed E-state index contributed by atoms with van der Waals surface area (Å²) in [5.74, 6) is 1.45. The maximum atomic E-state index is 12.4. The van der Waals surface area contributed by atoms with Gasteiger partial charge in [0.15, 0.2) is 4.34 Å². The van der Waals surface area contributed by atoms with Crippen LogP contribution in [0.3, 0.4) is 0 Å². The number of nitrogens with zero attached hydrogens (tertiary/aromatic N) is 2. The number of sulfonamides is 1. The van der Waals surface area contributed by atoms with Gasteiger partial charge in [-0.25, -0.2) is 8.42 Å².